The van der Waals surface area contributed by atoms with Gasteiger partial charge < -0.3 is 9.88 Å². The number of pyridine rings is 2. The Balaban J connectivity index is 1.37. The van der Waals surface area contributed by atoms with Gasteiger partial charge in [0.05, 0.1) is 34.3 Å². The molecular weight excluding hydrogens is 470 g/mol. The van der Waals surface area contributed by atoms with E-state index in [0.29, 0.717) is 24.3 Å². The first-order valence-electron chi connectivity index (χ1n) is 11.9. The molecule has 4 heterocycles. The van der Waals surface area contributed by atoms with Crippen LogP contribution >= 0.6 is 11.3 Å². The molecule has 4 aromatic heterocycles. The van der Waals surface area contributed by atoms with Crippen molar-refractivity contribution in [1.82, 2.24) is 24.6 Å². The Morgan fingerprint density at radius 1 is 1.06 bits per heavy atom. The van der Waals surface area contributed by atoms with Crippen molar-refractivity contribution < 1.29 is 4.79 Å². The van der Waals surface area contributed by atoms with Crippen LogP contribution in [0.1, 0.15) is 46.3 Å². The summed E-state index contributed by atoms with van der Waals surface area (Å²) in [4.78, 5) is 32.4. The van der Waals surface area contributed by atoms with Gasteiger partial charge in [-0.05, 0) is 56.2 Å². The van der Waals surface area contributed by atoms with Crippen molar-refractivity contribution in [2.75, 3.05) is 0 Å². The third-order valence-electron chi connectivity index (χ3n) is 6.02. The minimum Gasteiger partial charge on any atom is -0.348 e. The Kier molecular flexibility index (Phi) is 6.52. The number of rotatable bonds is 7. The lowest BCUT2D eigenvalue weighted by Crippen LogP contribution is -2.23. The van der Waals surface area contributed by atoms with Gasteiger partial charge in [-0.15, -0.1) is 11.3 Å². The molecule has 182 valence electrons. The molecule has 8 heteroatoms. The molecular formula is C28H27N5O2S. The number of carbonyl (C=O) groups excluding carboxylic acids is 1. The first-order valence-corrected chi connectivity index (χ1v) is 12.7. The van der Waals surface area contributed by atoms with Crippen LogP contribution in [0.4, 0.5) is 0 Å². The Morgan fingerprint density at radius 2 is 1.83 bits per heavy atom. The topological polar surface area (TPSA) is 81.8 Å². The number of thiophene rings is 1. The molecule has 0 aliphatic rings. The molecule has 1 aromatic carbocycles. The molecule has 36 heavy (non-hydrogen) atoms. The van der Waals surface area contributed by atoms with Crippen molar-refractivity contribution in [3.63, 3.8) is 0 Å². The smallest absolute Gasteiger partial charge is 0.252 e. The molecule has 0 aliphatic heterocycles. The average Bonchev–Trinajstić information content (AvgIpc) is 3.50. The zero-order valence-corrected chi connectivity index (χ0v) is 21.2. The third kappa shape index (κ3) is 4.85. The quantitative estimate of drug-likeness (QED) is 0.336. The minimum absolute atomic E-state index is 0.0321. The van der Waals surface area contributed by atoms with Crippen LogP contribution in [0.2, 0.25) is 0 Å². The van der Waals surface area contributed by atoms with E-state index in [0.717, 1.165) is 27.1 Å². The second-order valence-corrected chi connectivity index (χ2v) is 10.3. The average molecular weight is 498 g/mol. The van der Waals surface area contributed by atoms with Gasteiger partial charge in [0, 0.05) is 29.7 Å². The summed E-state index contributed by atoms with van der Waals surface area (Å²) in [7, 11) is 0. The number of benzene rings is 1. The summed E-state index contributed by atoms with van der Waals surface area (Å²) < 4.78 is 3.52. The van der Waals surface area contributed by atoms with E-state index in [2.05, 4.69) is 23.4 Å². The maximum Gasteiger partial charge on any atom is 0.252 e. The van der Waals surface area contributed by atoms with Crippen LogP contribution in [0, 0.1) is 6.92 Å². The summed E-state index contributed by atoms with van der Waals surface area (Å²) in [6, 6.07) is 19.1. The summed E-state index contributed by atoms with van der Waals surface area (Å²) in [5.41, 5.74) is 4.01. The zero-order chi connectivity index (χ0) is 25.2. The van der Waals surface area contributed by atoms with Gasteiger partial charge in [-0.3, -0.25) is 9.59 Å². The van der Waals surface area contributed by atoms with E-state index in [1.54, 1.807) is 40.4 Å². The zero-order valence-electron chi connectivity index (χ0n) is 20.4. The van der Waals surface area contributed by atoms with Crippen molar-refractivity contribution in [2.24, 2.45) is 0 Å². The molecule has 0 bridgehead atoms. The summed E-state index contributed by atoms with van der Waals surface area (Å²) in [5.74, 6) is -0.167. The van der Waals surface area contributed by atoms with Crippen LogP contribution in [0.25, 0.3) is 21.6 Å². The number of hydrogen-bond acceptors (Lipinski definition) is 5. The Labute approximate surface area is 213 Å². The van der Waals surface area contributed by atoms with Gasteiger partial charge in [-0.1, -0.05) is 30.3 Å². The molecule has 0 saturated heterocycles. The second-order valence-electron chi connectivity index (χ2n) is 9.05. The molecule has 1 amide bonds. The molecule has 0 fully saturated rings. The van der Waals surface area contributed by atoms with Gasteiger partial charge in [0.25, 0.3) is 11.5 Å². The van der Waals surface area contributed by atoms with Crippen LogP contribution in [-0.4, -0.2) is 25.2 Å². The first kappa shape index (κ1) is 23.7. The number of nitrogens with one attached hydrogen (secondary N) is 1. The van der Waals surface area contributed by atoms with E-state index >= 15 is 0 Å². The number of fused-ring (bicyclic) bond motifs is 1. The van der Waals surface area contributed by atoms with E-state index < -0.39 is 0 Å². The maximum absolute atomic E-state index is 13.3. The molecule has 0 saturated carbocycles. The fourth-order valence-corrected chi connectivity index (χ4v) is 4.94. The van der Waals surface area contributed by atoms with Crippen molar-refractivity contribution in [3.8, 4) is 10.6 Å². The molecule has 0 unspecified atom stereocenters. The number of aromatic nitrogens is 4. The van der Waals surface area contributed by atoms with E-state index in [1.807, 2.05) is 61.0 Å². The van der Waals surface area contributed by atoms with Gasteiger partial charge in [0.1, 0.15) is 0 Å². The number of aryl methyl sites for hydroxylation is 1. The number of nitrogens with zero attached hydrogens (tertiary/aromatic N) is 4. The maximum atomic E-state index is 13.3. The molecule has 1 N–H and O–H groups in total. The first-order chi connectivity index (χ1) is 17.4. The van der Waals surface area contributed by atoms with Crippen LogP contribution in [0.15, 0.2) is 77.9 Å². The van der Waals surface area contributed by atoms with Gasteiger partial charge in [0.2, 0.25) is 0 Å². The highest BCUT2D eigenvalue weighted by Crippen LogP contribution is 2.30. The van der Waals surface area contributed by atoms with Gasteiger partial charge in [-0.25, -0.2) is 9.67 Å². The van der Waals surface area contributed by atoms with E-state index in [1.165, 1.54) is 4.88 Å². The highest BCUT2D eigenvalue weighted by molar-refractivity contribution is 7.15. The normalized spacial score (nSPS) is 11.3. The monoisotopic (exact) mass is 497 g/mol. The molecule has 0 aliphatic carbocycles. The number of carbonyl (C=O) groups is 1. The van der Waals surface area contributed by atoms with Crippen molar-refractivity contribution in [2.45, 2.75) is 39.9 Å². The standard InChI is InChI=1S/C28H27N5O2S/c1-18(2)33-27-23(16-30-33)22(14-24(31-27)25-12-7-19(3)36-25)28(35)29-15-20-8-10-21(11-9-20)17-32-13-5-4-6-26(32)34/h4-14,16,18H,15,17H2,1-3H3,(H,29,35). The molecule has 5 rings (SSSR count). The highest BCUT2D eigenvalue weighted by Gasteiger charge is 2.19. The predicted molar refractivity (Wildman–Crippen MR) is 143 cm³/mol. The molecule has 5 aromatic rings. The van der Waals surface area contributed by atoms with E-state index in [-0.39, 0.29) is 17.5 Å². The fraction of sp³-hybridized carbons (Fsp3) is 0.214. The number of hydrogen-bond donors (Lipinski definition) is 1. The molecule has 0 atom stereocenters. The van der Waals surface area contributed by atoms with Crippen molar-refractivity contribution in [1.29, 1.82) is 0 Å². The number of amides is 1. The van der Waals surface area contributed by atoms with Crippen molar-refractivity contribution >= 4 is 28.3 Å². The van der Waals surface area contributed by atoms with Crippen LogP contribution in [0.5, 0.6) is 0 Å². The summed E-state index contributed by atoms with van der Waals surface area (Å²) in [6.07, 6.45) is 3.50. The Bertz CT molecular complexity index is 1590. The van der Waals surface area contributed by atoms with Gasteiger partial charge >= 0.3 is 0 Å². The highest BCUT2D eigenvalue weighted by atomic mass is 32.1. The van der Waals surface area contributed by atoms with Gasteiger partial charge in [-0.2, -0.15) is 5.10 Å². The largest absolute Gasteiger partial charge is 0.348 e. The van der Waals surface area contributed by atoms with E-state index in [9.17, 15) is 9.59 Å². The van der Waals surface area contributed by atoms with Crippen LogP contribution in [-0.2, 0) is 13.1 Å². The lowest BCUT2D eigenvalue weighted by molar-refractivity contribution is 0.0952. The summed E-state index contributed by atoms with van der Waals surface area (Å²) >= 11 is 1.65. The Hall–Kier alpha value is -4.04. The van der Waals surface area contributed by atoms with E-state index in [4.69, 9.17) is 4.98 Å². The minimum atomic E-state index is -0.167. The van der Waals surface area contributed by atoms with Crippen LogP contribution < -0.4 is 10.9 Å². The fourth-order valence-electron chi connectivity index (χ4n) is 4.11. The molecule has 7 nitrogen and oxygen atoms in total. The summed E-state index contributed by atoms with van der Waals surface area (Å²) in [6.45, 7) is 7.05. The lowest BCUT2D eigenvalue weighted by Gasteiger charge is -2.11. The molecule has 0 radical (unpaired) electrons. The SMILES string of the molecule is Cc1ccc(-c2cc(C(=O)NCc3ccc(Cn4ccccc4=O)cc3)c3cnn(C(C)C)c3n2)s1. The van der Waals surface area contributed by atoms with Crippen LogP contribution in [0.3, 0.4) is 0 Å². The lowest BCUT2D eigenvalue weighted by atomic mass is 10.1. The predicted octanol–water partition coefficient (Wildman–Crippen LogP) is 5.19. The Morgan fingerprint density at radius 3 is 2.53 bits per heavy atom. The van der Waals surface area contributed by atoms with Gasteiger partial charge in [0.15, 0.2) is 5.65 Å². The second kappa shape index (κ2) is 9.91. The van der Waals surface area contributed by atoms with Crippen molar-refractivity contribution in [3.05, 3.63) is 105 Å². The summed E-state index contributed by atoms with van der Waals surface area (Å²) in [5, 5.41) is 8.29. The molecule has 0 spiro atoms. The third-order valence-corrected chi connectivity index (χ3v) is 7.04.